The summed E-state index contributed by atoms with van der Waals surface area (Å²) in [6.45, 7) is 60.3. The van der Waals surface area contributed by atoms with Crippen molar-refractivity contribution in [1.82, 2.24) is 0 Å². The van der Waals surface area contributed by atoms with Crippen molar-refractivity contribution in [3.05, 3.63) is 146 Å². The molecule has 8 aromatic carbocycles. The fourth-order valence-electron chi connectivity index (χ4n) is 10.3. The quantitative estimate of drug-likeness (QED) is 0.0668. The smallest absolute Gasteiger partial charge is 0.150 e. The van der Waals surface area contributed by atoms with Crippen LogP contribution in [0.25, 0.3) is 32.7 Å². The van der Waals surface area contributed by atoms with Crippen molar-refractivity contribution in [3.63, 3.8) is 0 Å². The van der Waals surface area contributed by atoms with Gasteiger partial charge in [-0.25, -0.2) is 0 Å². The Labute approximate surface area is 495 Å². The first-order valence-corrected chi connectivity index (χ1v) is 59.8. The third-order valence-electron chi connectivity index (χ3n) is 15.9. The minimum Gasteiger partial charge on any atom is -0.464 e. The van der Waals surface area contributed by atoms with E-state index in [0.29, 0.717) is 0 Å². The van der Waals surface area contributed by atoms with Gasteiger partial charge in [-0.15, -0.1) is 0 Å². The Bertz CT molecular complexity index is 3090. The van der Waals surface area contributed by atoms with Crippen LogP contribution in [-0.4, -0.2) is 64.6 Å². The van der Waals surface area contributed by atoms with Crippen molar-refractivity contribution in [1.29, 1.82) is 0 Å². The molecule has 0 fully saturated rings. The van der Waals surface area contributed by atoms with E-state index >= 15 is 0 Å². The normalized spacial score (nSPS) is 13.5. The third kappa shape index (κ3) is 14.2. The van der Waals surface area contributed by atoms with Crippen LogP contribution in [0.2, 0.25) is 157 Å². The molecule has 0 saturated heterocycles. The zero-order valence-corrected chi connectivity index (χ0v) is 63.4. The maximum Gasteiger partial charge on any atom is 0.150 e. The topological polar surface area (TPSA) is 18.5 Å². The van der Waals surface area contributed by atoms with Crippen LogP contribution in [0.1, 0.15) is 0 Å². The van der Waals surface area contributed by atoms with Crippen LogP contribution < -0.4 is 71.8 Å². The highest BCUT2D eigenvalue weighted by Gasteiger charge is 2.34. The highest BCUT2D eigenvalue weighted by Crippen LogP contribution is 2.51. The summed E-state index contributed by atoms with van der Waals surface area (Å²) in [5, 5.41) is 22.1. The monoisotopic (exact) mass is 1230 g/mol. The molecule has 0 aliphatic carbocycles. The fraction of sp³-hybridized carbons (Fsp3) is 0.353. The molecule has 0 unspecified atom stereocenters. The average molecular weight is 1230 g/mol. The van der Waals surface area contributed by atoms with Gasteiger partial charge in [0.2, 0.25) is 0 Å². The summed E-state index contributed by atoms with van der Waals surface area (Å²) in [5.41, 5.74) is 2.21. The van der Waals surface area contributed by atoms with Crippen molar-refractivity contribution in [2.45, 2.75) is 157 Å². The average Bonchev–Trinajstić information content (AvgIpc) is 3.56. The first-order valence-electron chi connectivity index (χ1n) is 29.3. The molecule has 12 heteroatoms. The number of hydrogen-bond acceptors (Lipinski definition) is 2. The second-order valence-electron chi connectivity index (χ2n) is 31.2. The summed E-state index contributed by atoms with van der Waals surface area (Å²) < 4.78 is 16.5. The summed E-state index contributed by atoms with van der Waals surface area (Å²) >= 11 is 0. The molecule has 0 radical (unpaired) electrons. The molecule has 0 saturated carbocycles. The molecule has 0 atom stereocenters. The second kappa shape index (κ2) is 22.5. The lowest BCUT2D eigenvalue weighted by atomic mass is 9.92. The van der Waals surface area contributed by atoms with Crippen LogP contribution >= 0.6 is 16.3 Å². The van der Waals surface area contributed by atoms with Gasteiger partial charge in [0.15, 0.2) is 16.3 Å². The highest BCUT2D eigenvalue weighted by atomic mass is 31.1. The zero-order chi connectivity index (χ0) is 59.1. The Balaban J connectivity index is 1.50. The minimum atomic E-state index is -1.78. The lowest BCUT2D eigenvalue weighted by molar-refractivity contribution is 0.624. The van der Waals surface area contributed by atoms with E-state index in [1.807, 2.05) is 0 Å². The molecular formula is C68H96O2P2Si8. The summed E-state index contributed by atoms with van der Waals surface area (Å²) in [4.78, 5) is 0. The van der Waals surface area contributed by atoms with Gasteiger partial charge in [-0.05, 0) is 33.7 Å². The maximum atomic E-state index is 8.24. The van der Waals surface area contributed by atoms with Gasteiger partial charge in [0.1, 0.15) is 11.5 Å². The molecule has 0 amide bonds. The Morgan fingerprint density at radius 2 is 0.438 bits per heavy atom. The minimum absolute atomic E-state index is 0.907. The number of hydrogen-bond donors (Lipinski definition) is 0. The Kier molecular flexibility index (Phi) is 17.6. The molecule has 0 heterocycles. The molecule has 422 valence electrons. The van der Waals surface area contributed by atoms with E-state index in [9.17, 15) is 0 Å². The van der Waals surface area contributed by atoms with Gasteiger partial charge in [-0.1, -0.05) is 332 Å². The maximum absolute atomic E-state index is 8.24. The van der Waals surface area contributed by atoms with Gasteiger partial charge in [0, 0.05) is 32.3 Å². The van der Waals surface area contributed by atoms with Crippen LogP contribution in [-0.2, 0) is 0 Å². The largest absolute Gasteiger partial charge is 0.464 e. The highest BCUT2D eigenvalue weighted by molar-refractivity contribution is 7.69. The lowest BCUT2D eigenvalue weighted by Gasteiger charge is -2.31. The van der Waals surface area contributed by atoms with Crippen molar-refractivity contribution in [3.8, 4) is 22.6 Å². The molecule has 80 heavy (non-hydrogen) atoms. The van der Waals surface area contributed by atoms with Crippen LogP contribution in [0.4, 0.5) is 0 Å². The standard InChI is InChI=1S/C68H96O2P2Si8/c1-73(2,3)55-37-51(38-56(45-55)74(4,5)6)71(52-39-57(75(7,8)9)46-58(40-52)76(10,11)12)69-65-35-33-49-29-25-27-31-63(49)67(65)68-64-32-28-26-30-50(64)34-36-66(68)70-72(53-41-59(77(13,14)15)47-60(42-53)78(16,17)18)54-43-61(79(19,20)21)48-62(44-54)80(22,23)24/h25-48H,1-24H3. The van der Waals surface area contributed by atoms with E-state index in [1.165, 1.54) is 84.3 Å². The van der Waals surface area contributed by atoms with Gasteiger partial charge in [-0.3, -0.25) is 0 Å². The van der Waals surface area contributed by atoms with Gasteiger partial charge >= 0.3 is 0 Å². The molecule has 0 aliphatic rings. The number of benzene rings is 8. The van der Waals surface area contributed by atoms with Crippen LogP contribution in [0.5, 0.6) is 11.5 Å². The van der Waals surface area contributed by atoms with E-state index in [4.69, 9.17) is 9.05 Å². The third-order valence-corrected chi connectivity index (χ3v) is 35.8. The summed E-state index contributed by atoms with van der Waals surface area (Å²) in [6, 6.07) is 58.1. The van der Waals surface area contributed by atoms with Crippen molar-refractivity contribution < 1.29 is 9.05 Å². The van der Waals surface area contributed by atoms with Crippen molar-refractivity contribution in [2.24, 2.45) is 0 Å². The zero-order valence-electron chi connectivity index (χ0n) is 53.6. The van der Waals surface area contributed by atoms with E-state index in [2.05, 4.69) is 303 Å². The number of rotatable bonds is 17. The van der Waals surface area contributed by atoms with Crippen molar-refractivity contribution in [2.75, 3.05) is 0 Å². The van der Waals surface area contributed by atoms with Gasteiger partial charge in [0.05, 0.1) is 64.6 Å². The first-order chi connectivity index (χ1) is 36.7. The van der Waals surface area contributed by atoms with Crippen LogP contribution in [0, 0.1) is 0 Å². The summed E-state index contributed by atoms with van der Waals surface area (Å²) in [5.74, 6) is 1.81. The van der Waals surface area contributed by atoms with E-state index < -0.39 is 80.9 Å². The van der Waals surface area contributed by atoms with E-state index in [1.54, 1.807) is 0 Å². The number of fused-ring (bicyclic) bond motifs is 2. The summed E-state index contributed by atoms with van der Waals surface area (Å²) in [7, 11) is -17.0. The molecule has 0 aromatic heterocycles. The van der Waals surface area contributed by atoms with Gasteiger partial charge < -0.3 is 9.05 Å². The predicted molar refractivity (Wildman–Crippen MR) is 390 cm³/mol. The molecule has 0 aliphatic heterocycles. The molecule has 8 aromatic rings. The molecule has 0 N–H and O–H groups in total. The van der Waals surface area contributed by atoms with E-state index in [0.717, 1.165) is 22.6 Å². The van der Waals surface area contributed by atoms with E-state index in [-0.39, 0.29) is 0 Å². The Morgan fingerprint density at radius 3 is 0.637 bits per heavy atom. The van der Waals surface area contributed by atoms with Gasteiger partial charge in [0.25, 0.3) is 0 Å². The molecule has 8 rings (SSSR count). The predicted octanol–water partition coefficient (Wildman–Crippen LogP) is 14.9. The Hall–Kier alpha value is -3.52. The van der Waals surface area contributed by atoms with Gasteiger partial charge in [-0.2, -0.15) is 0 Å². The molecule has 2 nitrogen and oxygen atoms in total. The first kappa shape index (κ1) is 62.5. The fourth-order valence-corrected chi connectivity index (χ4v) is 25.0. The molecule has 0 bridgehead atoms. The second-order valence-corrected chi connectivity index (χ2v) is 75.4. The lowest BCUT2D eigenvalue weighted by Crippen LogP contribution is -2.48. The summed E-state index contributed by atoms with van der Waals surface area (Å²) in [6.07, 6.45) is 0. The van der Waals surface area contributed by atoms with Crippen LogP contribution in [0.15, 0.2) is 146 Å². The SMILES string of the molecule is C[Si](C)(C)c1cc(P(Oc2ccc3ccccc3c2-c2c(OP(c3cc([Si](C)(C)C)cc([Si](C)(C)C)c3)c3cc([Si](C)(C)C)cc([Si](C)(C)C)c3)ccc3ccccc23)c2cc([Si](C)(C)C)cc([Si](C)(C)C)c2)cc([Si](C)(C)C)c1. The molecular weight excluding hydrogens is 1140 g/mol. The van der Waals surface area contributed by atoms with Crippen LogP contribution in [0.3, 0.4) is 0 Å². The molecule has 0 spiro atoms. The Morgan fingerprint density at radius 1 is 0.237 bits per heavy atom. The van der Waals surface area contributed by atoms with Crippen molar-refractivity contribution >= 4 is 165 Å².